The van der Waals surface area contributed by atoms with Gasteiger partial charge in [0.25, 0.3) is 5.56 Å². The number of phenolic OH excluding ortho intramolecular Hbond substituents is 1. The van der Waals surface area contributed by atoms with Crippen LogP contribution in [0.5, 0.6) is 11.5 Å². The van der Waals surface area contributed by atoms with Crippen LogP contribution < -0.4 is 19.6 Å². The lowest BCUT2D eigenvalue weighted by Gasteiger charge is -2.24. The van der Waals surface area contributed by atoms with Crippen LogP contribution in [0.25, 0.3) is 6.08 Å². The number of esters is 1. The highest BCUT2D eigenvalue weighted by Crippen LogP contribution is 2.33. The molecular formula is C25H22IN3O7S. The zero-order valence-corrected chi connectivity index (χ0v) is 23.0. The van der Waals surface area contributed by atoms with Gasteiger partial charge in [-0.3, -0.25) is 19.5 Å². The van der Waals surface area contributed by atoms with Crippen molar-refractivity contribution in [1.29, 1.82) is 0 Å². The van der Waals surface area contributed by atoms with Crippen molar-refractivity contribution in [3.8, 4) is 11.5 Å². The number of carbonyl (C=O) groups excluding carboxylic acids is 1. The lowest BCUT2D eigenvalue weighted by molar-refractivity contribution is -0.386. The second kappa shape index (κ2) is 10.8. The van der Waals surface area contributed by atoms with Crippen LogP contribution in [0, 0.1) is 13.7 Å². The summed E-state index contributed by atoms with van der Waals surface area (Å²) in [5.74, 6) is -0.351. The predicted molar refractivity (Wildman–Crippen MR) is 145 cm³/mol. The van der Waals surface area contributed by atoms with Crippen molar-refractivity contribution in [3.63, 3.8) is 0 Å². The van der Waals surface area contributed by atoms with Gasteiger partial charge in [0.2, 0.25) is 5.75 Å². The molecule has 0 radical (unpaired) electrons. The molecule has 0 aliphatic carbocycles. The Hall–Kier alpha value is -3.52. The molecule has 4 rings (SSSR count). The van der Waals surface area contributed by atoms with Crippen LogP contribution >= 0.6 is 33.9 Å². The van der Waals surface area contributed by atoms with Gasteiger partial charge in [0, 0.05) is 6.07 Å². The topological polar surface area (TPSA) is 133 Å². The fraction of sp³-hybridized carbons (Fsp3) is 0.240. The van der Waals surface area contributed by atoms with Crippen LogP contribution in [0.1, 0.15) is 37.9 Å². The van der Waals surface area contributed by atoms with Crippen molar-refractivity contribution in [3.05, 3.63) is 92.2 Å². The second-order valence-corrected chi connectivity index (χ2v) is 10.1. The number of carbonyl (C=O) groups is 1. The second-order valence-electron chi connectivity index (χ2n) is 7.93. The molecule has 1 aliphatic rings. The average Bonchev–Trinajstić information content (AvgIpc) is 3.15. The average molecular weight is 635 g/mol. The maximum absolute atomic E-state index is 13.7. The number of hydrogen-bond acceptors (Lipinski definition) is 9. The Bertz CT molecular complexity index is 1610. The first kappa shape index (κ1) is 26.5. The van der Waals surface area contributed by atoms with Crippen molar-refractivity contribution in [2.75, 3.05) is 13.2 Å². The molecule has 0 saturated heterocycles. The molecule has 0 unspecified atom stereocenters. The first-order valence-electron chi connectivity index (χ1n) is 11.3. The lowest BCUT2D eigenvalue weighted by atomic mass is 9.96. The third kappa shape index (κ3) is 5.16. The Balaban J connectivity index is 1.93. The number of fused-ring (bicyclic) bond motifs is 1. The van der Waals surface area contributed by atoms with Crippen LogP contribution in [0.3, 0.4) is 0 Å². The van der Waals surface area contributed by atoms with Gasteiger partial charge in [-0.1, -0.05) is 23.5 Å². The molecule has 3 aromatic rings. The number of aromatic nitrogens is 1. The molecule has 0 fully saturated rings. The number of allylic oxidation sites excluding steroid dienone is 1. The van der Waals surface area contributed by atoms with Crippen LogP contribution in [0.15, 0.2) is 57.5 Å². The van der Waals surface area contributed by atoms with Gasteiger partial charge in [-0.15, -0.1) is 0 Å². The van der Waals surface area contributed by atoms with E-state index in [4.69, 9.17) is 9.47 Å². The number of hydrogen-bond donors (Lipinski definition) is 1. The van der Waals surface area contributed by atoms with Gasteiger partial charge in [-0.25, -0.2) is 9.79 Å². The smallest absolute Gasteiger partial charge is 0.338 e. The van der Waals surface area contributed by atoms with E-state index in [-0.39, 0.29) is 20.3 Å². The molecule has 10 nitrogen and oxygen atoms in total. The number of halogens is 1. The van der Waals surface area contributed by atoms with Crippen LogP contribution in [-0.2, 0) is 9.53 Å². The van der Waals surface area contributed by atoms with E-state index in [9.17, 15) is 24.8 Å². The first-order chi connectivity index (χ1) is 17.7. The van der Waals surface area contributed by atoms with Crippen molar-refractivity contribution in [2.45, 2.75) is 26.8 Å². The van der Waals surface area contributed by atoms with Gasteiger partial charge < -0.3 is 14.6 Å². The van der Waals surface area contributed by atoms with Gasteiger partial charge in [0.05, 0.1) is 43.6 Å². The molecular weight excluding hydrogens is 613 g/mol. The van der Waals surface area contributed by atoms with Crippen molar-refractivity contribution in [1.82, 2.24) is 4.57 Å². The zero-order valence-electron chi connectivity index (χ0n) is 20.1. The van der Waals surface area contributed by atoms with Crippen LogP contribution in [0.4, 0.5) is 5.69 Å². The maximum Gasteiger partial charge on any atom is 0.338 e. The number of nitrogens with zero attached hydrogens (tertiary/aromatic N) is 3. The summed E-state index contributed by atoms with van der Waals surface area (Å²) < 4.78 is 12.8. The Morgan fingerprint density at radius 2 is 1.97 bits per heavy atom. The number of aromatic hydroxyl groups is 1. The molecule has 192 valence electrons. The fourth-order valence-corrected chi connectivity index (χ4v) is 5.68. The summed E-state index contributed by atoms with van der Waals surface area (Å²) in [6.07, 6.45) is 1.51. The molecule has 1 atom stereocenters. The minimum absolute atomic E-state index is 0.161. The minimum Gasteiger partial charge on any atom is -0.501 e. The molecule has 0 spiro atoms. The third-order valence-corrected chi connectivity index (χ3v) is 7.39. The SMILES string of the molecule is CCOC(=O)C1=C(C)N=c2s/c(=C\c3cc(I)c(O)c([N+](=O)[O-])c3)c(=O)n2[C@@H]1c1ccc(OCC)cc1. The summed E-state index contributed by atoms with van der Waals surface area (Å²) in [4.78, 5) is 42.2. The first-order valence-corrected chi connectivity index (χ1v) is 13.1. The Morgan fingerprint density at radius 1 is 1.27 bits per heavy atom. The number of rotatable bonds is 7. The summed E-state index contributed by atoms with van der Waals surface area (Å²) in [5.41, 5.74) is 0.849. The molecule has 2 aromatic carbocycles. The number of phenols is 1. The van der Waals surface area contributed by atoms with Crippen molar-refractivity contribution < 1.29 is 24.3 Å². The molecule has 1 aliphatic heterocycles. The largest absolute Gasteiger partial charge is 0.501 e. The molecule has 0 saturated carbocycles. The van der Waals surface area contributed by atoms with Gasteiger partial charge in [0.1, 0.15) is 5.75 Å². The number of nitro groups is 1. The Morgan fingerprint density at radius 3 is 2.59 bits per heavy atom. The number of ether oxygens (including phenoxy) is 2. The normalized spacial score (nSPS) is 15.2. The van der Waals surface area contributed by atoms with E-state index in [0.717, 1.165) is 11.3 Å². The highest BCUT2D eigenvalue weighted by Gasteiger charge is 2.33. The zero-order chi connectivity index (χ0) is 26.9. The van der Waals surface area contributed by atoms with Crippen molar-refractivity contribution in [2.24, 2.45) is 4.99 Å². The molecule has 0 amide bonds. The fourth-order valence-electron chi connectivity index (χ4n) is 4.00. The minimum atomic E-state index is -0.789. The molecule has 1 aromatic heterocycles. The molecule has 2 heterocycles. The highest BCUT2D eigenvalue weighted by atomic mass is 127. The number of benzene rings is 2. The summed E-state index contributed by atoms with van der Waals surface area (Å²) in [5, 5.41) is 21.4. The Labute approximate surface area is 228 Å². The molecule has 12 heteroatoms. The molecule has 0 bridgehead atoms. The van der Waals surface area contributed by atoms with Gasteiger partial charge in [-0.05, 0) is 78.8 Å². The summed E-state index contributed by atoms with van der Waals surface area (Å²) in [6.45, 7) is 5.93. The summed E-state index contributed by atoms with van der Waals surface area (Å²) in [7, 11) is 0. The molecule has 37 heavy (non-hydrogen) atoms. The Kier molecular flexibility index (Phi) is 7.78. The van der Waals surface area contributed by atoms with Gasteiger partial charge in [0.15, 0.2) is 4.80 Å². The lowest BCUT2D eigenvalue weighted by Crippen LogP contribution is -2.39. The standard InChI is InChI=1S/C25H22IN3O7S/c1-4-35-16-8-6-15(7-9-16)21-20(24(32)36-5-2)13(3)27-25-28(21)23(31)19(37-25)12-14-10-17(26)22(30)18(11-14)29(33)34/h6-12,21,30H,4-5H2,1-3H3/b19-12-/t21-/m1/s1. The van der Waals surface area contributed by atoms with E-state index >= 15 is 0 Å². The van der Waals surface area contributed by atoms with E-state index in [1.807, 2.05) is 6.92 Å². The highest BCUT2D eigenvalue weighted by molar-refractivity contribution is 14.1. The van der Waals surface area contributed by atoms with E-state index in [2.05, 4.69) is 4.99 Å². The molecule has 1 N–H and O–H groups in total. The van der Waals surface area contributed by atoms with E-state index in [0.29, 0.717) is 34.0 Å². The third-order valence-electron chi connectivity index (χ3n) is 5.58. The van der Waals surface area contributed by atoms with Crippen molar-refractivity contribution >= 4 is 51.7 Å². The van der Waals surface area contributed by atoms with E-state index in [1.165, 1.54) is 16.7 Å². The van der Waals surface area contributed by atoms with Gasteiger partial charge in [-0.2, -0.15) is 0 Å². The van der Waals surface area contributed by atoms with E-state index in [1.54, 1.807) is 66.8 Å². The quantitative estimate of drug-likeness (QED) is 0.182. The monoisotopic (exact) mass is 635 g/mol. The summed E-state index contributed by atoms with van der Waals surface area (Å²) in [6, 6.07) is 9.07. The maximum atomic E-state index is 13.7. The van der Waals surface area contributed by atoms with Crippen LogP contribution in [-0.4, -0.2) is 33.8 Å². The summed E-state index contributed by atoms with van der Waals surface area (Å²) >= 11 is 2.90. The van der Waals surface area contributed by atoms with E-state index < -0.39 is 33.9 Å². The predicted octanol–water partition coefficient (Wildman–Crippen LogP) is 3.42. The van der Waals surface area contributed by atoms with Gasteiger partial charge >= 0.3 is 11.7 Å². The van der Waals surface area contributed by atoms with Crippen LogP contribution in [0.2, 0.25) is 0 Å². The number of thiazole rings is 1. The number of nitro benzene ring substituents is 1.